The molecule has 0 saturated carbocycles. The first-order valence-corrected chi connectivity index (χ1v) is 7.16. The lowest BCUT2D eigenvalue weighted by molar-refractivity contribution is 0.0268. The number of methoxy groups -OCH3 is 1. The van der Waals surface area contributed by atoms with Crippen molar-refractivity contribution in [3.8, 4) is 5.75 Å². The predicted molar refractivity (Wildman–Crippen MR) is 103 cm³/mol. The van der Waals surface area contributed by atoms with Crippen molar-refractivity contribution in [2.45, 2.75) is 26.4 Å². The highest BCUT2D eigenvalue weighted by atomic mass is 127. The number of aryl methyl sites for hydroxylation is 1. The highest BCUT2D eigenvalue weighted by Gasteiger charge is 2.16. The second-order valence-electron chi connectivity index (χ2n) is 5.48. The molecule has 1 aromatic carbocycles. The molecule has 22 heavy (non-hydrogen) atoms. The highest BCUT2D eigenvalue weighted by molar-refractivity contribution is 14.0. The van der Waals surface area contributed by atoms with E-state index in [1.165, 1.54) is 5.56 Å². The van der Waals surface area contributed by atoms with Crippen molar-refractivity contribution >= 4 is 29.9 Å². The number of nitrogens with zero attached hydrogens (tertiary/aromatic N) is 1. The zero-order valence-electron chi connectivity index (χ0n) is 14.1. The monoisotopic (exact) mass is 421 g/mol. The number of guanidine groups is 1. The van der Waals surface area contributed by atoms with Gasteiger partial charge in [0.15, 0.2) is 5.96 Å². The molecule has 6 heteroatoms. The molecule has 0 atom stereocenters. The molecular formula is C16H28IN3O2. The number of rotatable bonds is 7. The lowest BCUT2D eigenvalue weighted by atomic mass is 10.1. The largest absolute Gasteiger partial charge is 0.492 e. The zero-order valence-corrected chi connectivity index (χ0v) is 16.4. The summed E-state index contributed by atoms with van der Waals surface area (Å²) in [6.07, 6.45) is 0. The number of hydrogen-bond acceptors (Lipinski definition) is 3. The minimum atomic E-state index is -0.226. The van der Waals surface area contributed by atoms with Crippen LogP contribution in [-0.4, -0.2) is 45.4 Å². The van der Waals surface area contributed by atoms with Crippen LogP contribution in [0.2, 0.25) is 0 Å². The first kappa shape index (κ1) is 21.0. The van der Waals surface area contributed by atoms with E-state index in [1.54, 1.807) is 14.2 Å². The molecule has 0 radical (unpaired) electrons. The Kier molecular flexibility index (Phi) is 10.2. The van der Waals surface area contributed by atoms with E-state index in [4.69, 9.17) is 9.47 Å². The molecule has 0 aliphatic heterocycles. The molecule has 0 spiro atoms. The smallest absolute Gasteiger partial charge is 0.191 e. The SMILES string of the molecule is CN=C(NCCOc1ccc(C)cc1)NCC(C)(C)OC.I. The van der Waals surface area contributed by atoms with Gasteiger partial charge in [-0.25, -0.2) is 0 Å². The van der Waals surface area contributed by atoms with Crippen molar-refractivity contribution in [3.05, 3.63) is 29.8 Å². The molecule has 0 aliphatic rings. The van der Waals surface area contributed by atoms with Crippen molar-refractivity contribution in [3.63, 3.8) is 0 Å². The lowest BCUT2D eigenvalue weighted by Gasteiger charge is -2.24. The van der Waals surface area contributed by atoms with Gasteiger partial charge in [0.05, 0.1) is 12.1 Å². The van der Waals surface area contributed by atoms with Crippen LogP contribution in [0.15, 0.2) is 29.3 Å². The maximum atomic E-state index is 5.65. The number of nitrogens with one attached hydrogen (secondary N) is 2. The standard InChI is InChI=1S/C16H27N3O2.HI/c1-13-6-8-14(9-7-13)21-11-10-18-15(17-4)19-12-16(2,3)20-5;/h6-9H,10-12H2,1-5H3,(H2,17,18,19);1H. The molecule has 5 nitrogen and oxygen atoms in total. The summed E-state index contributed by atoms with van der Waals surface area (Å²) >= 11 is 0. The van der Waals surface area contributed by atoms with E-state index in [0.29, 0.717) is 19.7 Å². The Balaban J connectivity index is 0.00000441. The lowest BCUT2D eigenvalue weighted by Crippen LogP contribution is -2.46. The zero-order chi connectivity index (χ0) is 15.7. The van der Waals surface area contributed by atoms with Crippen LogP contribution in [0.5, 0.6) is 5.75 Å². The van der Waals surface area contributed by atoms with Gasteiger partial charge in [0.1, 0.15) is 12.4 Å². The molecule has 0 aromatic heterocycles. The van der Waals surface area contributed by atoms with E-state index < -0.39 is 0 Å². The molecular weight excluding hydrogens is 393 g/mol. The van der Waals surface area contributed by atoms with Gasteiger partial charge in [-0.05, 0) is 32.9 Å². The van der Waals surface area contributed by atoms with Crippen molar-refractivity contribution in [1.82, 2.24) is 10.6 Å². The summed E-state index contributed by atoms with van der Waals surface area (Å²) in [5.74, 6) is 1.62. The van der Waals surface area contributed by atoms with E-state index in [2.05, 4.69) is 22.5 Å². The summed E-state index contributed by atoms with van der Waals surface area (Å²) in [4.78, 5) is 4.16. The van der Waals surface area contributed by atoms with Gasteiger partial charge < -0.3 is 20.1 Å². The van der Waals surface area contributed by atoms with Crippen molar-refractivity contribution in [2.75, 3.05) is 33.9 Å². The van der Waals surface area contributed by atoms with Crippen molar-refractivity contribution < 1.29 is 9.47 Å². The molecule has 0 unspecified atom stereocenters. The molecule has 1 rings (SSSR count). The average Bonchev–Trinajstić information content (AvgIpc) is 2.48. The molecule has 0 heterocycles. The Morgan fingerprint density at radius 1 is 1.18 bits per heavy atom. The predicted octanol–water partition coefficient (Wildman–Crippen LogP) is 2.58. The Morgan fingerprint density at radius 3 is 2.36 bits per heavy atom. The fraction of sp³-hybridized carbons (Fsp3) is 0.562. The quantitative estimate of drug-likeness (QED) is 0.308. The number of benzene rings is 1. The van der Waals surface area contributed by atoms with Gasteiger partial charge in [-0.2, -0.15) is 0 Å². The Labute approximate surface area is 150 Å². The Bertz CT molecular complexity index is 447. The summed E-state index contributed by atoms with van der Waals surface area (Å²) in [7, 11) is 3.45. The van der Waals surface area contributed by atoms with Gasteiger partial charge in [0, 0.05) is 20.7 Å². The maximum Gasteiger partial charge on any atom is 0.191 e. The molecule has 0 aliphatic carbocycles. The van der Waals surface area contributed by atoms with Crippen LogP contribution in [0.25, 0.3) is 0 Å². The second-order valence-corrected chi connectivity index (χ2v) is 5.48. The molecule has 0 bridgehead atoms. The number of ether oxygens (including phenoxy) is 2. The Morgan fingerprint density at radius 2 is 1.82 bits per heavy atom. The fourth-order valence-electron chi connectivity index (χ4n) is 1.56. The van der Waals surface area contributed by atoms with Crippen LogP contribution >= 0.6 is 24.0 Å². The van der Waals surface area contributed by atoms with Crippen molar-refractivity contribution in [2.24, 2.45) is 4.99 Å². The fourth-order valence-corrected chi connectivity index (χ4v) is 1.56. The van der Waals surface area contributed by atoms with Crippen LogP contribution in [0.3, 0.4) is 0 Å². The normalized spacial score (nSPS) is 11.6. The van der Waals surface area contributed by atoms with Crippen LogP contribution in [0.4, 0.5) is 0 Å². The van der Waals surface area contributed by atoms with Crippen molar-refractivity contribution in [1.29, 1.82) is 0 Å². The molecule has 0 fully saturated rings. The van der Waals surface area contributed by atoms with Gasteiger partial charge in [-0.1, -0.05) is 17.7 Å². The second kappa shape index (κ2) is 10.7. The third kappa shape index (κ3) is 8.43. The summed E-state index contributed by atoms with van der Waals surface area (Å²) in [6, 6.07) is 8.03. The molecule has 0 saturated heterocycles. The van der Waals surface area contributed by atoms with Gasteiger partial charge in [-0.3, -0.25) is 4.99 Å². The molecule has 0 amide bonds. The van der Waals surface area contributed by atoms with E-state index >= 15 is 0 Å². The number of halogens is 1. The summed E-state index contributed by atoms with van der Waals surface area (Å²) in [5.41, 5.74) is 1.00. The summed E-state index contributed by atoms with van der Waals surface area (Å²) in [5, 5.41) is 6.43. The van der Waals surface area contributed by atoms with Gasteiger partial charge in [-0.15, -0.1) is 24.0 Å². The van der Waals surface area contributed by atoms with Gasteiger partial charge in [0.25, 0.3) is 0 Å². The maximum absolute atomic E-state index is 5.65. The van der Waals surface area contributed by atoms with Crippen LogP contribution < -0.4 is 15.4 Å². The third-order valence-corrected chi connectivity index (χ3v) is 3.14. The Hall–Kier alpha value is -1.02. The molecule has 126 valence electrons. The van der Waals surface area contributed by atoms with E-state index in [9.17, 15) is 0 Å². The number of aliphatic imine (C=N–C) groups is 1. The van der Waals surface area contributed by atoms with Gasteiger partial charge >= 0.3 is 0 Å². The molecule has 1 aromatic rings. The highest BCUT2D eigenvalue weighted by Crippen LogP contribution is 2.10. The minimum absolute atomic E-state index is 0. The topological polar surface area (TPSA) is 54.9 Å². The van der Waals surface area contributed by atoms with Crippen LogP contribution in [0.1, 0.15) is 19.4 Å². The van der Waals surface area contributed by atoms with E-state index in [-0.39, 0.29) is 29.6 Å². The first-order chi connectivity index (χ1) is 9.96. The van der Waals surface area contributed by atoms with E-state index in [1.807, 2.05) is 38.1 Å². The van der Waals surface area contributed by atoms with Crippen LogP contribution in [-0.2, 0) is 4.74 Å². The van der Waals surface area contributed by atoms with E-state index in [0.717, 1.165) is 11.7 Å². The number of hydrogen-bond donors (Lipinski definition) is 2. The third-order valence-electron chi connectivity index (χ3n) is 3.14. The first-order valence-electron chi connectivity index (χ1n) is 7.16. The van der Waals surface area contributed by atoms with Gasteiger partial charge in [0.2, 0.25) is 0 Å². The molecule has 2 N–H and O–H groups in total. The average molecular weight is 421 g/mol. The van der Waals surface area contributed by atoms with Crippen LogP contribution in [0, 0.1) is 6.92 Å². The summed E-state index contributed by atoms with van der Waals surface area (Å²) in [6.45, 7) is 8.05. The minimum Gasteiger partial charge on any atom is -0.492 e. The summed E-state index contributed by atoms with van der Waals surface area (Å²) < 4.78 is 11.0.